The van der Waals surface area contributed by atoms with Crippen LogP contribution in [0.4, 0.5) is 11.4 Å². The van der Waals surface area contributed by atoms with Crippen LogP contribution in [0.1, 0.15) is 30.4 Å². The second-order valence-electron chi connectivity index (χ2n) is 6.55. The van der Waals surface area contributed by atoms with Crippen LogP contribution in [0.2, 0.25) is 5.02 Å². The number of rotatable bonds is 8. The van der Waals surface area contributed by atoms with E-state index in [2.05, 4.69) is 26.6 Å². The number of aryl methyl sites for hydroxylation is 2. The molecule has 0 aliphatic carbocycles. The van der Waals surface area contributed by atoms with Crippen molar-refractivity contribution in [1.82, 2.24) is 0 Å². The van der Waals surface area contributed by atoms with Crippen LogP contribution in [0.25, 0.3) is 0 Å². The molecule has 2 aromatic rings. The average Bonchev–Trinajstić information content (AvgIpc) is 2.65. The minimum Gasteiger partial charge on any atom is -0.456 e. The maximum Gasteiger partial charge on any atom is 0.306 e. The first-order valence-electron chi connectivity index (χ1n) is 9.02. The van der Waals surface area contributed by atoms with Crippen molar-refractivity contribution in [3.8, 4) is 0 Å². The van der Waals surface area contributed by atoms with Crippen LogP contribution in [0.3, 0.4) is 0 Å². The van der Waals surface area contributed by atoms with E-state index in [1.165, 1.54) is 0 Å². The van der Waals surface area contributed by atoms with Crippen LogP contribution in [0, 0.1) is 13.8 Å². The SMILES string of the molecule is Cc1ccc(C)c(NC(=O)CCCC(=O)OCC(=O)Nc2ccc(Br)cc2Cl)c1. The second kappa shape index (κ2) is 11.0. The first-order valence-corrected chi connectivity index (χ1v) is 10.2. The van der Waals surface area contributed by atoms with E-state index in [4.69, 9.17) is 16.3 Å². The summed E-state index contributed by atoms with van der Waals surface area (Å²) in [5.74, 6) is -1.20. The van der Waals surface area contributed by atoms with Crippen LogP contribution in [0.5, 0.6) is 0 Å². The predicted molar refractivity (Wildman–Crippen MR) is 117 cm³/mol. The van der Waals surface area contributed by atoms with Gasteiger partial charge in [-0.05, 0) is 55.7 Å². The van der Waals surface area contributed by atoms with Crippen molar-refractivity contribution in [3.63, 3.8) is 0 Å². The fourth-order valence-corrected chi connectivity index (χ4v) is 3.19. The standard InChI is InChI=1S/C21H22BrClN2O4/c1-13-6-7-14(2)18(10-13)25-19(26)4-3-5-21(28)29-12-20(27)24-17-9-8-15(22)11-16(17)23/h6-11H,3-5,12H2,1-2H3,(H,24,27)(H,25,26). The van der Waals surface area contributed by atoms with Crippen molar-refractivity contribution < 1.29 is 19.1 Å². The molecule has 0 aliphatic heterocycles. The summed E-state index contributed by atoms with van der Waals surface area (Å²) in [6, 6.07) is 10.8. The van der Waals surface area contributed by atoms with Crippen molar-refractivity contribution in [3.05, 3.63) is 57.0 Å². The van der Waals surface area contributed by atoms with Crippen LogP contribution < -0.4 is 10.6 Å². The number of carbonyl (C=O) groups excluding carboxylic acids is 3. The Balaban J connectivity index is 1.68. The van der Waals surface area contributed by atoms with Gasteiger partial charge in [0.2, 0.25) is 5.91 Å². The topological polar surface area (TPSA) is 84.5 Å². The number of nitrogens with one attached hydrogen (secondary N) is 2. The molecule has 2 amide bonds. The van der Waals surface area contributed by atoms with Gasteiger partial charge in [-0.3, -0.25) is 14.4 Å². The number of amides is 2. The van der Waals surface area contributed by atoms with Crippen molar-refractivity contribution in [2.45, 2.75) is 33.1 Å². The number of benzene rings is 2. The Morgan fingerprint density at radius 1 is 0.966 bits per heavy atom. The van der Waals surface area contributed by atoms with Gasteiger partial charge < -0.3 is 15.4 Å². The Morgan fingerprint density at radius 3 is 2.41 bits per heavy atom. The Kier molecular flexibility index (Phi) is 8.67. The number of hydrogen-bond donors (Lipinski definition) is 2. The van der Waals surface area contributed by atoms with Crippen LogP contribution in [-0.2, 0) is 19.1 Å². The molecule has 0 radical (unpaired) electrons. The Morgan fingerprint density at radius 2 is 1.69 bits per heavy atom. The van der Waals surface area contributed by atoms with E-state index in [1.54, 1.807) is 18.2 Å². The van der Waals surface area contributed by atoms with E-state index in [0.717, 1.165) is 21.3 Å². The molecular weight excluding hydrogens is 460 g/mol. The number of ether oxygens (including phenoxy) is 1. The first kappa shape index (κ1) is 22.9. The monoisotopic (exact) mass is 480 g/mol. The van der Waals surface area contributed by atoms with Crippen molar-refractivity contribution in [2.75, 3.05) is 17.2 Å². The fraction of sp³-hybridized carbons (Fsp3) is 0.286. The lowest BCUT2D eigenvalue weighted by molar-refractivity contribution is -0.147. The molecule has 154 valence electrons. The van der Waals surface area contributed by atoms with E-state index in [9.17, 15) is 14.4 Å². The molecule has 0 aromatic heterocycles. The number of esters is 1. The quantitative estimate of drug-likeness (QED) is 0.519. The number of hydrogen-bond acceptors (Lipinski definition) is 4. The fourth-order valence-electron chi connectivity index (χ4n) is 2.47. The van der Waals surface area contributed by atoms with Crippen molar-refractivity contribution in [2.24, 2.45) is 0 Å². The van der Waals surface area contributed by atoms with E-state index in [1.807, 2.05) is 32.0 Å². The molecular formula is C21H22BrClN2O4. The zero-order valence-electron chi connectivity index (χ0n) is 16.2. The van der Waals surface area contributed by atoms with Gasteiger partial charge in [0.1, 0.15) is 0 Å². The summed E-state index contributed by atoms with van der Waals surface area (Å²) in [5.41, 5.74) is 3.22. The number of anilines is 2. The van der Waals surface area contributed by atoms with Gasteiger partial charge in [0.25, 0.3) is 5.91 Å². The second-order valence-corrected chi connectivity index (χ2v) is 7.88. The predicted octanol–water partition coefficient (Wildman–Crippen LogP) is 5.01. The van der Waals surface area contributed by atoms with E-state index < -0.39 is 18.5 Å². The third-order valence-corrected chi connectivity index (χ3v) is 4.83. The minimum absolute atomic E-state index is 0.0482. The lowest BCUT2D eigenvalue weighted by atomic mass is 10.1. The average molecular weight is 482 g/mol. The highest BCUT2D eigenvalue weighted by Gasteiger charge is 2.11. The number of halogens is 2. The molecule has 2 rings (SSSR count). The van der Waals surface area contributed by atoms with Gasteiger partial charge in [-0.1, -0.05) is 39.7 Å². The summed E-state index contributed by atoms with van der Waals surface area (Å²) in [7, 11) is 0. The summed E-state index contributed by atoms with van der Waals surface area (Å²) >= 11 is 9.30. The molecule has 0 fully saturated rings. The summed E-state index contributed by atoms with van der Waals surface area (Å²) < 4.78 is 5.73. The lowest BCUT2D eigenvalue weighted by Crippen LogP contribution is -2.21. The Hall–Kier alpha value is -2.38. The Bertz CT molecular complexity index is 918. The summed E-state index contributed by atoms with van der Waals surface area (Å²) in [6.45, 7) is 3.45. The van der Waals surface area contributed by atoms with Gasteiger partial charge in [0.05, 0.1) is 10.7 Å². The molecule has 0 saturated heterocycles. The Labute approximate surface area is 183 Å². The highest BCUT2D eigenvalue weighted by Crippen LogP contribution is 2.25. The lowest BCUT2D eigenvalue weighted by Gasteiger charge is -2.10. The van der Waals surface area contributed by atoms with Gasteiger partial charge in [-0.15, -0.1) is 0 Å². The molecule has 2 aromatic carbocycles. The van der Waals surface area contributed by atoms with Crippen LogP contribution in [-0.4, -0.2) is 24.4 Å². The van der Waals surface area contributed by atoms with Crippen LogP contribution >= 0.6 is 27.5 Å². The third kappa shape index (κ3) is 7.87. The van der Waals surface area contributed by atoms with Gasteiger partial charge >= 0.3 is 5.97 Å². The van der Waals surface area contributed by atoms with E-state index in [-0.39, 0.29) is 18.7 Å². The van der Waals surface area contributed by atoms with Crippen LogP contribution in [0.15, 0.2) is 40.9 Å². The van der Waals surface area contributed by atoms with Crippen molar-refractivity contribution in [1.29, 1.82) is 0 Å². The zero-order chi connectivity index (χ0) is 21.4. The summed E-state index contributed by atoms with van der Waals surface area (Å²) in [6.07, 6.45) is 0.561. The molecule has 2 N–H and O–H groups in total. The molecule has 0 heterocycles. The highest BCUT2D eigenvalue weighted by molar-refractivity contribution is 9.10. The molecule has 29 heavy (non-hydrogen) atoms. The molecule has 0 spiro atoms. The zero-order valence-corrected chi connectivity index (χ0v) is 18.5. The van der Waals surface area contributed by atoms with E-state index >= 15 is 0 Å². The number of carbonyl (C=O) groups is 3. The highest BCUT2D eigenvalue weighted by atomic mass is 79.9. The third-order valence-electron chi connectivity index (χ3n) is 4.02. The normalized spacial score (nSPS) is 10.3. The summed E-state index contributed by atoms with van der Waals surface area (Å²) in [5, 5.41) is 5.78. The molecule has 0 aliphatic rings. The smallest absolute Gasteiger partial charge is 0.306 e. The maximum atomic E-state index is 12.0. The molecule has 8 heteroatoms. The summed E-state index contributed by atoms with van der Waals surface area (Å²) in [4.78, 5) is 35.7. The molecule has 0 saturated carbocycles. The molecule has 0 atom stereocenters. The van der Waals surface area contributed by atoms with Gasteiger partial charge in [0, 0.05) is 23.0 Å². The minimum atomic E-state index is -0.540. The van der Waals surface area contributed by atoms with Gasteiger partial charge in [-0.25, -0.2) is 0 Å². The molecule has 0 bridgehead atoms. The molecule has 6 nitrogen and oxygen atoms in total. The van der Waals surface area contributed by atoms with E-state index in [0.29, 0.717) is 17.1 Å². The first-order chi connectivity index (χ1) is 13.7. The molecule has 0 unspecified atom stereocenters. The van der Waals surface area contributed by atoms with Gasteiger partial charge in [-0.2, -0.15) is 0 Å². The maximum absolute atomic E-state index is 12.0. The van der Waals surface area contributed by atoms with Gasteiger partial charge in [0.15, 0.2) is 6.61 Å². The largest absolute Gasteiger partial charge is 0.456 e. The van der Waals surface area contributed by atoms with Crippen molar-refractivity contribution >= 4 is 56.7 Å².